The fourth-order valence-corrected chi connectivity index (χ4v) is 4.84. The Morgan fingerprint density at radius 2 is 1.75 bits per heavy atom. The summed E-state index contributed by atoms with van der Waals surface area (Å²) in [6.45, 7) is 6.23. The number of morpholine rings is 1. The van der Waals surface area contributed by atoms with Crippen LogP contribution in [0.3, 0.4) is 0 Å². The standard InChI is InChI=1S/C31H34N2O3/c34-31(33-19-22-35-23-20-33)13-12-27-7-3-4-9-30(27)36-21-5-16-32-17-14-26(15-18-32)29-11-10-25-6-1-2-8-28(25)24-29/h1-4,6-14,24H,5,15-23H2. The molecule has 2 heterocycles. The summed E-state index contributed by atoms with van der Waals surface area (Å²) in [7, 11) is 0. The van der Waals surface area contributed by atoms with Crippen molar-refractivity contribution < 1.29 is 14.3 Å². The molecule has 1 fully saturated rings. The van der Waals surface area contributed by atoms with Crippen LogP contribution in [0.1, 0.15) is 24.0 Å². The second-order valence-corrected chi connectivity index (χ2v) is 9.35. The number of amides is 1. The first-order valence-corrected chi connectivity index (χ1v) is 12.9. The molecular formula is C31H34N2O3. The Balaban J connectivity index is 1.09. The zero-order valence-electron chi connectivity index (χ0n) is 20.8. The maximum absolute atomic E-state index is 12.4. The summed E-state index contributed by atoms with van der Waals surface area (Å²) in [4.78, 5) is 16.7. The second-order valence-electron chi connectivity index (χ2n) is 9.35. The molecule has 3 aromatic rings. The van der Waals surface area contributed by atoms with E-state index in [-0.39, 0.29) is 5.91 Å². The SMILES string of the molecule is O=C(C=Cc1ccccc1OCCCN1CC=C(c2ccc3ccccc3c2)CC1)N1CCOCC1. The van der Waals surface area contributed by atoms with Gasteiger partial charge in [0.1, 0.15) is 5.75 Å². The highest BCUT2D eigenvalue weighted by atomic mass is 16.5. The molecule has 1 amide bonds. The van der Waals surface area contributed by atoms with Gasteiger partial charge in [-0.25, -0.2) is 0 Å². The molecule has 0 bridgehead atoms. The minimum Gasteiger partial charge on any atom is -0.493 e. The van der Waals surface area contributed by atoms with Crippen LogP contribution in [0.15, 0.2) is 78.9 Å². The van der Waals surface area contributed by atoms with Gasteiger partial charge in [-0.2, -0.15) is 0 Å². The van der Waals surface area contributed by atoms with Crippen molar-refractivity contribution >= 4 is 28.3 Å². The molecule has 186 valence electrons. The Bertz CT molecular complexity index is 1240. The number of carbonyl (C=O) groups excluding carboxylic acids is 1. The first-order valence-electron chi connectivity index (χ1n) is 12.9. The summed E-state index contributed by atoms with van der Waals surface area (Å²) in [6.07, 6.45) is 7.91. The highest BCUT2D eigenvalue weighted by Gasteiger charge is 2.15. The molecule has 0 N–H and O–H groups in total. The van der Waals surface area contributed by atoms with Crippen molar-refractivity contribution in [2.45, 2.75) is 12.8 Å². The number of hydrogen-bond donors (Lipinski definition) is 0. The highest BCUT2D eigenvalue weighted by molar-refractivity contribution is 5.92. The zero-order chi connectivity index (χ0) is 24.6. The van der Waals surface area contributed by atoms with Crippen molar-refractivity contribution in [2.75, 3.05) is 52.5 Å². The number of ether oxygens (including phenoxy) is 2. The Hall–Kier alpha value is -3.41. The van der Waals surface area contributed by atoms with E-state index in [0.29, 0.717) is 32.9 Å². The van der Waals surface area contributed by atoms with E-state index >= 15 is 0 Å². The molecule has 0 aromatic heterocycles. The summed E-state index contributed by atoms with van der Waals surface area (Å²) in [5, 5.41) is 2.59. The molecular weight excluding hydrogens is 448 g/mol. The van der Waals surface area contributed by atoms with E-state index < -0.39 is 0 Å². The zero-order valence-corrected chi connectivity index (χ0v) is 20.8. The normalized spacial score (nSPS) is 16.9. The Morgan fingerprint density at radius 1 is 0.944 bits per heavy atom. The third-order valence-corrected chi connectivity index (χ3v) is 6.94. The molecule has 5 nitrogen and oxygen atoms in total. The van der Waals surface area contributed by atoms with Crippen LogP contribution in [0.4, 0.5) is 0 Å². The molecule has 0 unspecified atom stereocenters. The van der Waals surface area contributed by atoms with Crippen LogP contribution in [0.2, 0.25) is 0 Å². The van der Waals surface area contributed by atoms with Crippen molar-refractivity contribution in [3.05, 3.63) is 90.0 Å². The second kappa shape index (κ2) is 12.0. The van der Waals surface area contributed by atoms with Gasteiger partial charge in [-0.1, -0.05) is 60.7 Å². The van der Waals surface area contributed by atoms with Gasteiger partial charge in [-0.05, 0) is 53.0 Å². The van der Waals surface area contributed by atoms with Gasteiger partial charge in [0.2, 0.25) is 5.91 Å². The predicted octanol–water partition coefficient (Wildman–Crippen LogP) is 5.27. The van der Waals surface area contributed by atoms with Gasteiger partial charge in [-0.3, -0.25) is 9.69 Å². The van der Waals surface area contributed by atoms with Gasteiger partial charge in [0.05, 0.1) is 19.8 Å². The minimum atomic E-state index is 0.0225. The molecule has 5 rings (SSSR count). The maximum Gasteiger partial charge on any atom is 0.246 e. The number of rotatable bonds is 8. The molecule has 0 spiro atoms. The molecule has 0 atom stereocenters. The average molecular weight is 483 g/mol. The monoisotopic (exact) mass is 482 g/mol. The molecule has 2 aliphatic rings. The number of hydrogen-bond acceptors (Lipinski definition) is 4. The predicted molar refractivity (Wildman–Crippen MR) is 146 cm³/mol. The molecule has 1 saturated heterocycles. The molecule has 36 heavy (non-hydrogen) atoms. The average Bonchev–Trinajstić information content (AvgIpc) is 2.95. The number of carbonyl (C=O) groups is 1. The van der Waals surface area contributed by atoms with E-state index in [4.69, 9.17) is 9.47 Å². The maximum atomic E-state index is 12.4. The van der Waals surface area contributed by atoms with Crippen molar-refractivity contribution in [1.82, 2.24) is 9.80 Å². The summed E-state index contributed by atoms with van der Waals surface area (Å²) < 4.78 is 11.4. The van der Waals surface area contributed by atoms with Gasteiger partial charge in [0, 0.05) is 44.4 Å². The summed E-state index contributed by atoms with van der Waals surface area (Å²) >= 11 is 0. The topological polar surface area (TPSA) is 42.0 Å². The van der Waals surface area contributed by atoms with Crippen LogP contribution >= 0.6 is 0 Å². The van der Waals surface area contributed by atoms with Crippen molar-refractivity contribution in [2.24, 2.45) is 0 Å². The van der Waals surface area contributed by atoms with E-state index in [2.05, 4.69) is 53.4 Å². The number of nitrogens with zero attached hydrogens (tertiary/aromatic N) is 2. The lowest BCUT2D eigenvalue weighted by Crippen LogP contribution is -2.39. The van der Waals surface area contributed by atoms with E-state index in [9.17, 15) is 4.79 Å². The van der Waals surface area contributed by atoms with Gasteiger partial charge in [0.25, 0.3) is 0 Å². The lowest BCUT2D eigenvalue weighted by Gasteiger charge is -2.26. The van der Waals surface area contributed by atoms with Crippen LogP contribution in [0.5, 0.6) is 5.75 Å². The smallest absolute Gasteiger partial charge is 0.246 e. The largest absolute Gasteiger partial charge is 0.493 e. The Kier molecular flexibility index (Phi) is 8.11. The van der Waals surface area contributed by atoms with E-state index in [1.807, 2.05) is 35.2 Å². The van der Waals surface area contributed by atoms with Crippen LogP contribution in [-0.2, 0) is 9.53 Å². The van der Waals surface area contributed by atoms with E-state index in [0.717, 1.165) is 43.8 Å². The molecule has 0 saturated carbocycles. The third-order valence-electron chi connectivity index (χ3n) is 6.94. The van der Waals surface area contributed by atoms with Crippen LogP contribution < -0.4 is 4.74 Å². The van der Waals surface area contributed by atoms with Crippen LogP contribution in [-0.4, -0.2) is 68.3 Å². The first-order chi connectivity index (χ1) is 17.8. The fraction of sp³-hybridized carbons (Fsp3) is 0.323. The molecule has 3 aromatic carbocycles. The van der Waals surface area contributed by atoms with E-state index in [1.165, 1.54) is 21.9 Å². The van der Waals surface area contributed by atoms with Crippen LogP contribution in [0, 0.1) is 0 Å². The van der Waals surface area contributed by atoms with Gasteiger partial charge < -0.3 is 14.4 Å². The Morgan fingerprint density at radius 3 is 2.58 bits per heavy atom. The van der Waals surface area contributed by atoms with Crippen molar-refractivity contribution in [1.29, 1.82) is 0 Å². The van der Waals surface area contributed by atoms with Crippen molar-refractivity contribution in [3.63, 3.8) is 0 Å². The first kappa shape index (κ1) is 24.3. The minimum absolute atomic E-state index is 0.0225. The molecule has 0 radical (unpaired) electrons. The third kappa shape index (κ3) is 6.23. The summed E-state index contributed by atoms with van der Waals surface area (Å²) in [5.41, 5.74) is 3.72. The number of fused-ring (bicyclic) bond motifs is 1. The van der Waals surface area contributed by atoms with Gasteiger partial charge >= 0.3 is 0 Å². The van der Waals surface area contributed by atoms with Crippen molar-refractivity contribution in [3.8, 4) is 5.75 Å². The lowest BCUT2D eigenvalue weighted by molar-refractivity contribution is -0.129. The van der Waals surface area contributed by atoms with Crippen LogP contribution in [0.25, 0.3) is 22.4 Å². The quantitative estimate of drug-likeness (QED) is 0.324. The lowest BCUT2D eigenvalue weighted by atomic mass is 9.97. The van der Waals surface area contributed by atoms with E-state index in [1.54, 1.807) is 6.08 Å². The Labute approximate surface area is 213 Å². The summed E-state index contributed by atoms with van der Waals surface area (Å²) in [6, 6.07) is 23.2. The fourth-order valence-electron chi connectivity index (χ4n) is 4.84. The van der Waals surface area contributed by atoms with Gasteiger partial charge in [-0.15, -0.1) is 0 Å². The highest BCUT2D eigenvalue weighted by Crippen LogP contribution is 2.26. The van der Waals surface area contributed by atoms with Gasteiger partial charge in [0.15, 0.2) is 0 Å². The molecule has 0 aliphatic carbocycles. The molecule has 2 aliphatic heterocycles. The number of benzene rings is 3. The summed E-state index contributed by atoms with van der Waals surface area (Å²) in [5.74, 6) is 0.843. The number of para-hydroxylation sites is 1. The molecule has 5 heteroatoms.